The number of nitrogens with zero attached hydrogens (tertiary/aromatic N) is 1. The topological polar surface area (TPSA) is 29.3 Å². The lowest BCUT2D eigenvalue weighted by Gasteiger charge is -2.33. The van der Waals surface area contributed by atoms with E-state index in [0.717, 1.165) is 18.5 Å². The summed E-state index contributed by atoms with van der Waals surface area (Å²) < 4.78 is 0. The molecule has 1 fully saturated rings. The third kappa shape index (κ3) is 2.83. The monoisotopic (exact) mass is 286 g/mol. The van der Waals surface area contributed by atoms with Crippen LogP contribution in [0.3, 0.4) is 0 Å². The van der Waals surface area contributed by atoms with E-state index in [0.29, 0.717) is 22.5 Å². The molecule has 2 nitrogen and oxygen atoms in total. The molecule has 1 aromatic carbocycles. The van der Waals surface area contributed by atoms with E-state index in [-0.39, 0.29) is 6.04 Å². The van der Waals surface area contributed by atoms with Gasteiger partial charge in [0.2, 0.25) is 0 Å². The molecule has 2 N–H and O–H groups in total. The first-order valence-electron chi connectivity index (χ1n) is 6.49. The van der Waals surface area contributed by atoms with Crippen LogP contribution >= 0.6 is 23.2 Å². The van der Waals surface area contributed by atoms with Gasteiger partial charge in [0.05, 0.1) is 10.0 Å². The Morgan fingerprint density at radius 2 is 2.11 bits per heavy atom. The molecule has 2 unspecified atom stereocenters. The molecule has 0 bridgehead atoms. The molecule has 0 aliphatic carbocycles. The van der Waals surface area contributed by atoms with Crippen LogP contribution < -0.4 is 5.73 Å². The summed E-state index contributed by atoms with van der Waals surface area (Å²) in [7, 11) is 2.15. The zero-order chi connectivity index (χ0) is 13.1. The normalized spacial score (nSPS) is 26.0. The Morgan fingerprint density at radius 1 is 1.33 bits per heavy atom. The van der Waals surface area contributed by atoms with Crippen molar-refractivity contribution >= 4 is 23.2 Å². The molecular weight excluding hydrogens is 267 g/mol. The molecule has 100 valence electrons. The van der Waals surface area contributed by atoms with Crippen LogP contribution in [0.25, 0.3) is 0 Å². The number of hydrogen-bond donors (Lipinski definition) is 1. The van der Waals surface area contributed by atoms with Gasteiger partial charge in [0.15, 0.2) is 0 Å². The third-order valence-corrected chi connectivity index (χ3v) is 4.69. The quantitative estimate of drug-likeness (QED) is 0.898. The number of hydrogen-bond acceptors (Lipinski definition) is 2. The zero-order valence-corrected chi connectivity index (χ0v) is 12.2. The van der Waals surface area contributed by atoms with Crippen LogP contribution in [0.5, 0.6) is 0 Å². The molecule has 4 heteroatoms. The minimum Gasteiger partial charge on any atom is -0.330 e. The van der Waals surface area contributed by atoms with E-state index in [4.69, 9.17) is 28.9 Å². The minimum atomic E-state index is 0.281. The van der Waals surface area contributed by atoms with Crippen molar-refractivity contribution < 1.29 is 0 Å². The standard InChI is InChI=1S/C14H20Cl2N2/c1-18-8-3-2-5-10(9-17)14(18)11-6-4-7-12(15)13(11)16/h4,6-7,10,14H,2-3,5,8-9,17H2,1H3. The molecule has 0 spiro atoms. The predicted molar refractivity (Wildman–Crippen MR) is 78.2 cm³/mol. The van der Waals surface area contributed by atoms with Crippen LogP contribution in [0.2, 0.25) is 10.0 Å². The van der Waals surface area contributed by atoms with Crippen molar-refractivity contribution in [3.8, 4) is 0 Å². The molecule has 0 radical (unpaired) electrons. The summed E-state index contributed by atoms with van der Waals surface area (Å²) in [5, 5.41) is 1.30. The summed E-state index contributed by atoms with van der Waals surface area (Å²) in [6, 6.07) is 6.16. The molecular formula is C14H20Cl2N2. The second-order valence-electron chi connectivity index (χ2n) is 5.06. The Morgan fingerprint density at radius 3 is 2.83 bits per heavy atom. The van der Waals surface area contributed by atoms with Gasteiger partial charge in [-0.15, -0.1) is 0 Å². The Bertz CT molecular complexity index is 409. The first-order valence-corrected chi connectivity index (χ1v) is 7.25. The molecule has 0 saturated carbocycles. The molecule has 1 saturated heterocycles. The van der Waals surface area contributed by atoms with Crippen LogP contribution in [0.15, 0.2) is 18.2 Å². The van der Waals surface area contributed by atoms with Gasteiger partial charge in [-0.1, -0.05) is 41.8 Å². The number of nitrogens with two attached hydrogens (primary N) is 1. The molecule has 18 heavy (non-hydrogen) atoms. The zero-order valence-electron chi connectivity index (χ0n) is 10.7. The molecule has 1 aliphatic rings. The Kier molecular flexibility index (Phi) is 4.91. The summed E-state index contributed by atoms with van der Waals surface area (Å²) in [6.07, 6.45) is 3.62. The van der Waals surface area contributed by atoms with E-state index in [1.54, 1.807) is 0 Å². The van der Waals surface area contributed by atoms with Crippen LogP contribution in [-0.2, 0) is 0 Å². The highest BCUT2D eigenvalue weighted by Crippen LogP contribution is 2.39. The van der Waals surface area contributed by atoms with E-state index < -0.39 is 0 Å². The second-order valence-corrected chi connectivity index (χ2v) is 5.85. The highest BCUT2D eigenvalue weighted by molar-refractivity contribution is 6.42. The fourth-order valence-corrected chi connectivity index (χ4v) is 3.33. The van der Waals surface area contributed by atoms with Crippen molar-refractivity contribution in [2.24, 2.45) is 11.7 Å². The van der Waals surface area contributed by atoms with Crippen LogP contribution in [-0.4, -0.2) is 25.0 Å². The first-order chi connectivity index (χ1) is 8.65. The van der Waals surface area contributed by atoms with Gasteiger partial charge in [0.1, 0.15) is 0 Å². The smallest absolute Gasteiger partial charge is 0.0640 e. The van der Waals surface area contributed by atoms with E-state index in [1.807, 2.05) is 12.1 Å². The van der Waals surface area contributed by atoms with Gasteiger partial charge in [-0.2, -0.15) is 0 Å². The number of likely N-dealkylation sites (tertiary alicyclic amines) is 1. The van der Waals surface area contributed by atoms with Gasteiger partial charge in [-0.05, 0) is 50.5 Å². The van der Waals surface area contributed by atoms with Crippen molar-refractivity contribution in [1.82, 2.24) is 4.90 Å². The van der Waals surface area contributed by atoms with Gasteiger partial charge in [-0.25, -0.2) is 0 Å². The van der Waals surface area contributed by atoms with Gasteiger partial charge in [-0.3, -0.25) is 4.90 Å². The van der Waals surface area contributed by atoms with Crippen LogP contribution in [0.4, 0.5) is 0 Å². The van der Waals surface area contributed by atoms with Crippen molar-refractivity contribution in [2.75, 3.05) is 20.1 Å². The highest BCUT2D eigenvalue weighted by atomic mass is 35.5. The molecule has 0 aromatic heterocycles. The maximum atomic E-state index is 6.37. The Balaban J connectivity index is 2.39. The fourth-order valence-electron chi connectivity index (χ4n) is 2.91. The lowest BCUT2D eigenvalue weighted by atomic mass is 9.89. The molecule has 1 aliphatic heterocycles. The average molecular weight is 287 g/mol. The second kappa shape index (κ2) is 6.25. The Hall–Kier alpha value is -0.280. The Labute approximate surface area is 119 Å². The van der Waals surface area contributed by atoms with Crippen LogP contribution in [0.1, 0.15) is 30.9 Å². The van der Waals surface area contributed by atoms with Crippen molar-refractivity contribution in [3.63, 3.8) is 0 Å². The fraction of sp³-hybridized carbons (Fsp3) is 0.571. The molecule has 1 aromatic rings. The van der Waals surface area contributed by atoms with Gasteiger partial charge >= 0.3 is 0 Å². The van der Waals surface area contributed by atoms with E-state index in [9.17, 15) is 0 Å². The maximum absolute atomic E-state index is 6.37. The number of rotatable bonds is 2. The van der Waals surface area contributed by atoms with E-state index >= 15 is 0 Å². The van der Waals surface area contributed by atoms with E-state index in [1.165, 1.54) is 12.8 Å². The SMILES string of the molecule is CN1CCCCC(CN)C1c1cccc(Cl)c1Cl. The maximum Gasteiger partial charge on any atom is 0.0640 e. The number of halogens is 2. The predicted octanol–water partition coefficient (Wildman–Crippen LogP) is 3.73. The molecule has 1 heterocycles. The van der Waals surface area contributed by atoms with Gasteiger partial charge in [0, 0.05) is 6.04 Å². The van der Waals surface area contributed by atoms with Gasteiger partial charge in [0.25, 0.3) is 0 Å². The third-order valence-electron chi connectivity index (χ3n) is 3.86. The van der Waals surface area contributed by atoms with Gasteiger partial charge < -0.3 is 5.73 Å². The van der Waals surface area contributed by atoms with Crippen molar-refractivity contribution in [3.05, 3.63) is 33.8 Å². The first kappa shape index (κ1) is 14.1. The summed E-state index contributed by atoms with van der Waals surface area (Å²) in [5.41, 5.74) is 7.06. The van der Waals surface area contributed by atoms with E-state index in [2.05, 4.69) is 18.0 Å². The van der Waals surface area contributed by atoms with Crippen molar-refractivity contribution in [2.45, 2.75) is 25.3 Å². The average Bonchev–Trinajstić information content (AvgIpc) is 2.54. The minimum absolute atomic E-state index is 0.281. The largest absolute Gasteiger partial charge is 0.330 e. The lowest BCUT2D eigenvalue weighted by Crippen LogP contribution is -2.33. The summed E-state index contributed by atoms with van der Waals surface area (Å²) in [6.45, 7) is 1.78. The summed E-state index contributed by atoms with van der Waals surface area (Å²) in [5.74, 6) is 0.452. The highest BCUT2D eigenvalue weighted by Gasteiger charge is 2.29. The molecule has 0 amide bonds. The summed E-state index contributed by atoms with van der Waals surface area (Å²) >= 11 is 12.5. The van der Waals surface area contributed by atoms with Crippen LogP contribution in [0, 0.1) is 5.92 Å². The summed E-state index contributed by atoms with van der Waals surface area (Å²) in [4.78, 5) is 2.36. The number of benzene rings is 1. The lowest BCUT2D eigenvalue weighted by molar-refractivity contribution is 0.196. The van der Waals surface area contributed by atoms with Crippen molar-refractivity contribution in [1.29, 1.82) is 0 Å². The molecule has 2 atom stereocenters. The molecule has 2 rings (SSSR count).